The lowest BCUT2D eigenvalue weighted by Crippen LogP contribution is -2.29. The molecule has 0 spiro atoms. The SMILES string of the molecule is Cc1cc(=O)n(CC(=O)Nc2ccnn2C(C)C(C)C)c2ccccc12. The second-order valence-electron chi connectivity index (χ2n) is 6.96. The molecule has 0 bridgehead atoms. The molecule has 2 heterocycles. The van der Waals surface area contributed by atoms with Gasteiger partial charge in [0.25, 0.3) is 5.56 Å². The molecule has 6 heteroatoms. The highest BCUT2D eigenvalue weighted by Gasteiger charge is 2.16. The minimum atomic E-state index is -0.251. The number of nitrogens with one attached hydrogen (secondary N) is 1. The van der Waals surface area contributed by atoms with E-state index >= 15 is 0 Å². The van der Waals surface area contributed by atoms with Crippen LogP contribution in [0.15, 0.2) is 47.4 Å². The Morgan fingerprint density at radius 2 is 1.92 bits per heavy atom. The van der Waals surface area contributed by atoms with Crippen LogP contribution in [0.25, 0.3) is 10.9 Å². The number of pyridine rings is 1. The summed E-state index contributed by atoms with van der Waals surface area (Å²) >= 11 is 0. The Bertz CT molecular complexity index is 1000. The largest absolute Gasteiger partial charge is 0.309 e. The molecule has 0 aliphatic heterocycles. The summed E-state index contributed by atoms with van der Waals surface area (Å²) in [5.74, 6) is 0.772. The molecule has 26 heavy (non-hydrogen) atoms. The molecule has 1 amide bonds. The third kappa shape index (κ3) is 3.40. The van der Waals surface area contributed by atoms with Crippen LogP contribution in [0.1, 0.15) is 32.4 Å². The van der Waals surface area contributed by atoms with Crippen molar-refractivity contribution in [3.05, 3.63) is 58.5 Å². The van der Waals surface area contributed by atoms with Crippen LogP contribution >= 0.6 is 0 Å². The predicted molar refractivity (Wildman–Crippen MR) is 103 cm³/mol. The number of para-hydroxylation sites is 1. The van der Waals surface area contributed by atoms with E-state index in [4.69, 9.17) is 0 Å². The van der Waals surface area contributed by atoms with E-state index in [1.54, 1.807) is 23.0 Å². The number of fused-ring (bicyclic) bond motifs is 1. The highest BCUT2D eigenvalue weighted by Crippen LogP contribution is 2.21. The molecule has 136 valence electrons. The lowest BCUT2D eigenvalue weighted by molar-refractivity contribution is -0.116. The van der Waals surface area contributed by atoms with Crippen molar-refractivity contribution in [2.45, 2.75) is 40.3 Å². The van der Waals surface area contributed by atoms with Gasteiger partial charge in [-0.15, -0.1) is 0 Å². The van der Waals surface area contributed by atoms with Crippen molar-refractivity contribution in [3.8, 4) is 0 Å². The molecule has 1 unspecified atom stereocenters. The van der Waals surface area contributed by atoms with Crippen molar-refractivity contribution in [2.75, 3.05) is 5.32 Å². The number of aromatic nitrogens is 3. The summed E-state index contributed by atoms with van der Waals surface area (Å²) in [4.78, 5) is 25.0. The van der Waals surface area contributed by atoms with E-state index in [9.17, 15) is 9.59 Å². The normalized spacial score (nSPS) is 12.5. The minimum absolute atomic E-state index is 0.0408. The maximum absolute atomic E-state index is 12.6. The van der Waals surface area contributed by atoms with Gasteiger partial charge in [-0.05, 0) is 31.4 Å². The predicted octanol–water partition coefficient (Wildman–Crippen LogP) is 3.36. The summed E-state index contributed by atoms with van der Waals surface area (Å²) in [6.45, 7) is 8.14. The quantitative estimate of drug-likeness (QED) is 0.765. The van der Waals surface area contributed by atoms with Gasteiger partial charge in [0.2, 0.25) is 5.91 Å². The molecule has 0 fully saturated rings. The van der Waals surface area contributed by atoms with Crippen molar-refractivity contribution in [2.24, 2.45) is 5.92 Å². The number of aryl methyl sites for hydroxylation is 1. The Hall–Kier alpha value is -2.89. The first kappa shape index (κ1) is 17.9. The number of benzene rings is 1. The number of carbonyl (C=O) groups excluding carboxylic acids is 1. The molecule has 1 atom stereocenters. The summed E-state index contributed by atoms with van der Waals surface area (Å²) in [7, 11) is 0. The van der Waals surface area contributed by atoms with Crippen molar-refractivity contribution in [1.29, 1.82) is 0 Å². The monoisotopic (exact) mass is 352 g/mol. The van der Waals surface area contributed by atoms with Gasteiger partial charge < -0.3 is 5.32 Å². The third-order valence-electron chi connectivity index (χ3n) is 4.82. The van der Waals surface area contributed by atoms with Gasteiger partial charge in [0.05, 0.1) is 17.8 Å². The number of carbonyl (C=O) groups is 1. The number of rotatable bonds is 5. The zero-order valence-corrected chi connectivity index (χ0v) is 15.6. The van der Waals surface area contributed by atoms with E-state index in [0.717, 1.165) is 16.5 Å². The highest BCUT2D eigenvalue weighted by molar-refractivity contribution is 5.91. The fourth-order valence-corrected chi connectivity index (χ4v) is 3.01. The first-order valence-corrected chi connectivity index (χ1v) is 8.81. The fourth-order valence-electron chi connectivity index (χ4n) is 3.01. The summed E-state index contributed by atoms with van der Waals surface area (Å²) in [5, 5.41) is 8.16. The number of hydrogen-bond acceptors (Lipinski definition) is 3. The molecule has 0 saturated carbocycles. The Balaban J connectivity index is 1.88. The first-order chi connectivity index (χ1) is 12.4. The second-order valence-corrected chi connectivity index (χ2v) is 6.96. The maximum atomic E-state index is 12.6. The lowest BCUT2D eigenvalue weighted by atomic mass is 10.1. The van der Waals surface area contributed by atoms with Crippen molar-refractivity contribution in [1.82, 2.24) is 14.3 Å². The molecule has 0 radical (unpaired) electrons. The topological polar surface area (TPSA) is 68.9 Å². The summed E-state index contributed by atoms with van der Waals surface area (Å²) in [6.07, 6.45) is 1.67. The van der Waals surface area contributed by atoms with E-state index < -0.39 is 0 Å². The van der Waals surface area contributed by atoms with Gasteiger partial charge in [0.15, 0.2) is 0 Å². The molecule has 0 aliphatic rings. The zero-order valence-electron chi connectivity index (χ0n) is 15.6. The maximum Gasteiger partial charge on any atom is 0.251 e. The van der Waals surface area contributed by atoms with Crippen molar-refractivity contribution >= 4 is 22.6 Å². The Kier molecular flexibility index (Phi) is 4.93. The molecule has 1 N–H and O–H groups in total. The fraction of sp³-hybridized carbons (Fsp3) is 0.350. The van der Waals surface area contributed by atoms with Gasteiger partial charge >= 0.3 is 0 Å². The van der Waals surface area contributed by atoms with Crippen LogP contribution in [0.3, 0.4) is 0 Å². The molecular formula is C20H24N4O2. The van der Waals surface area contributed by atoms with E-state index in [1.165, 1.54) is 4.57 Å². The summed E-state index contributed by atoms with van der Waals surface area (Å²) < 4.78 is 3.31. The average Bonchev–Trinajstić information content (AvgIpc) is 3.05. The van der Waals surface area contributed by atoms with Crippen LogP contribution < -0.4 is 10.9 Å². The molecule has 0 saturated heterocycles. The van der Waals surface area contributed by atoms with Crippen LogP contribution in [0.2, 0.25) is 0 Å². The van der Waals surface area contributed by atoms with Crippen molar-refractivity contribution in [3.63, 3.8) is 0 Å². The molecular weight excluding hydrogens is 328 g/mol. The Morgan fingerprint density at radius 1 is 1.19 bits per heavy atom. The Morgan fingerprint density at radius 3 is 2.65 bits per heavy atom. The molecule has 2 aromatic heterocycles. The van der Waals surface area contributed by atoms with Crippen molar-refractivity contribution < 1.29 is 4.79 Å². The van der Waals surface area contributed by atoms with E-state index in [0.29, 0.717) is 11.7 Å². The number of nitrogens with zero attached hydrogens (tertiary/aromatic N) is 3. The zero-order chi connectivity index (χ0) is 18.8. The van der Waals surface area contributed by atoms with Crippen LogP contribution in [0.5, 0.6) is 0 Å². The van der Waals surface area contributed by atoms with Crippen LogP contribution in [-0.2, 0) is 11.3 Å². The van der Waals surface area contributed by atoms with Gasteiger partial charge in [0, 0.05) is 17.5 Å². The standard InChI is InChI=1S/C20H24N4O2/c1-13(2)15(4)24-18(9-10-21-24)22-19(25)12-23-17-8-6-5-7-16(17)14(3)11-20(23)26/h5-11,13,15H,12H2,1-4H3,(H,22,25). The summed E-state index contributed by atoms with van der Waals surface area (Å²) in [5.41, 5.74) is 1.49. The van der Waals surface area contributed by atoms with E-state index in [2.05, 4.69) is 31.2 Å². The van der Waals surface area contributed by atoms with Crippen LogP contribution in [0, 0.1) is 12.8 Å². The Labute approximate surface area is 152 Å². The number of amides is 1. The average molecular weight is 352 g/mol. The van der Waals surface area contributed by atoms with Gasteiger partial charge in [-0.2, -0.15) is 5.10 Å². The van der Waals surface area contributed by atoms with E-state index in [-0.39, 0.29) is 24.1 Å². The minimum Gasteiger partial charge on any atom is -0.309 e. The van der Waals surface area contributed by atoms with Gasteiger partial charge in [-0.1, -0.05) is 32.0 Å². The molecule has 3 rings (SSSR count). The smallest absolute Gasteiger partial charge is 0.251 e. The first-order valence-electron chi connectivity index (χ1n) is 8.81. The molecule has 3 aromatic rings. The van der Waals surface area contributed by atoms with Crippen LogP contribution in [-0.4, -0.2) is 20.3 Å². The molecule has 0 aliphatic carbocycles. The molecule has 1 aromatic carbocycles. The summed E-state index contributed by atoms with van der Waals surface area (Å²) in [6, 6.07) is 11.1. The molecule has 6 nitrogen and oxygen atoms in total. The second kappa shape index (κ2) is 7.15. The van der Waals surface area contributed by atoms with Crippen LogP contribution in [0.4, 0.5) is 5.82 Å². The van der Waals surface area contributed by atoms with Gasteiger partial charge in [-0.3, -0.25) is 14.2 Å². The highest BCUT2D eigenvalue weighted by atomic mass is 16.2. The van der Waals surface area contributed by atoms with Gasteiger partial charge in [-0.25, -0.2) is 4.68 Å². The van der Waals surface area contributed by atoms with E-state index in [1.807, 2.05) is 31.2 Å². The third-order valence-corrected chi connectivity index (χ3v) is 4.82. The van der Waals surface area contributed by atoms with Gasteiger partial charge in [0.1, 0.15) is 12.4 Å². The lowest BCUT2D eigenvalue weighted by Gasteiger charge is -2.19. The number of hydrogen-bond donors (Lipinski definition) is 1. The number of anilines is 1.